The second-order valence-electron chi connectivity index (χ2n) is 7.86. The molecule has 0 radical (unpaired) electrons. The van der Waals surface area contributed by atoms with Crippen molar-refractivity contribution in [1.29, 1.82) is 0 Å². The number of hydrogen-bond acceptors (Lipinski definition) is 8. The van der Waals surface area contributed by atoms with Crippen LogP contribution in [0.15, 0.2) is 0 Å². The highest BCUT2D eigenvalue weighted by Gasteiger charge is 2.41. The van der Waals surface area contributed by atoms with Gasteiger partial charge in [0.15, 0.2) is 0 Å². The van der Waals surface area contributed by atoms with Crippen LogP contribution >= 0.6 is 0 Å². The van der Waals surface area contributed by atoms with Crippen LogP contribution in [0.5, 0.6) is 0 Å². The van der Waals surface area contributed by atoms with Gasteiger partial charge in [0.1, 0.15) is 5.60 Å². The molecule has 0 aliphatic heterocycles. The van der Waals surface area contributed by atoms with Gasteiger partial charge in [-0.25, -0.2) is 4.79 Å². The van der Waals surface area contributed by atoms with Gasteiger partial charge in [0.25, 0.3) is 20.2 Å². The quantitative estimate of drug-likeness (QED) is 0.560. The van der Waals surface area contributed by atoms with E-state index in [1.165, 1.54) is 0 Å². The molecule has 0 saturated heterocycles. The van der Waals surface area contributed by atoms with Crippen LogP contribution in [0.4, 0.5) is 4.79 Å². The lowest BCUT2D eigenvalue weighted by molar-refractivity contribution is 0.0241. The lowest BCUT2D eigenvalue weighted by atomic mass is 9.66. The van der Waals surface area contributed by atoms with Gasteiger partial charge >= 0.3 is 6.09 Å². The fraction of sp³-hybridized carbons (Fsp3) is 0.933. The molecular formula is C15H29NO8S2. The number of nitrogens with one attached hydrogen (secondary N) is 1. The first-order chi connectivity index (χ1) is 11.6. The molecule has 1 saturated carbocycles. The van der Waals surface area contributed by atoms with Gasteiger partial charge in [-0.15, -0.1) is 0 Å². The van der Waals surface area contributed by atoms with Gasteiger partial charge in [-0.3, -0.25) is 8.37 Å². The maximum atomic E-state index is 12.0. The highest BCUT2D eigenvalue weighted by atomic mass is 32.2. The van der Waals surface area contributed by atoms with Gasteiger partial charge in [-0.1, -0.05) is 6.42 Å². The second kappa shape index (κ2) is 8.41. The summed E-state index contributed by atoms with van der Waals surface area (Å²) in [5.74, 6) is 0. The van der Waals surface area contributed by atoms with Crippen LogP contribution in [-0.2, 0) is 33.3 Å². The minimum absolute atomic E-state index is 0.0167. The SMILES string of the molecule is CC(C)(C)OC(=O)NC(COS(C)(=O)=O)CC1(COS(C)(=O)=O)CCC1. The van der Waals surface area contributed by atoms with Crippen LogP contribution in [0, 0.1) is 5.41 Å². The van der Waals surface area contributed by atoms with E-state index in [0.29, 0.717) is 19.3 Å². The Bertz CT molecular complexity index is 690. The first kappa shape index (κ1) is 23.1. The summed E-state index contributed by atoms with van der Waals surface area (Å²) in [4.78, 5) is 12.0. The van der Waals surface area contributed by atoms with E-state index in [0.717, 1.165) is 18.9 Å². The Hall–Kier alpha value is -0.910. The normalized spacial score (nSPS) is 18.7. The number of hydrogen-bond donors (Lipinski definition) is 1. The van der Waals surface area contributed by atoms with Crippen molar-refractivity contribution in [2.45, 2.75) is 58.1 Å². The third kappa shape index (κ3) is 9.70. The zero-order chi connectivity index (χ0) is 20.2. The molecule has 154 valence electrons. The van der Waals surface area contributed by atoms with Crippen LogP contribution in [0.2, 0.25) is 0 Å². The maximum Gasteiger partial charge on any atom is 0.407 e. The first-order valence-electron chi connectivity index (χ1n) is 8.28. The molecule has 11 heteroatoms. The Kier molecular flexibility index (Phi) is 7.48. The third-order valence-corrected chi connectivity index (χ3v) is 4.99. The van der Waals surface area contributed by atoms with Crippen LogP contribution in [0.25, 0.3) is 0 Å². The summed E-state index contributed by atoms with van der Waals surface area (Å²) in [5.41, 5.74) is -1.16. The Labute approximate surface area is 156 Å². The van der Waals surface area contributed by atoms with Crippen molar-refractivity contribution in [3.8, 4) is 0 Å². The Balaban J connectivity index is 2.80. The van der Waals surface area contributed by atoms with Crippen LogP contribution in [-0.4, -0.2) is 60.3 Å². The summed E-state index contributed by atoms with van der Waals surface area (Å²) >= 11 is 0. The van der Waals surface area contributed by atoms with Gasteiger partial charge in [-0.2, -0.15) is 16.8 Å². The molecule has 0 aromatic carbocycles. The first-order valence-corrected chi connectivity index (χ1v) is 11.9. The van der Waals surface area contributed by atoms with E-state index in [1.807, 2.05) is 0 Å². The lowest BCUT2D eigenvalue weighted by Crippen LogP contribution is -2.47. The zero-order valence-electron chi connectivity index (χ0n) is 15.9. The molecule has 1 rings (SSSR count). The predicted molar refractivity (Wildman–Crippen MR) is 95.7 cm³/mol. The molecule has 9 nitrogen and oxygen atoms in total. The monoisotopic (exact) mass is 415 g/mol. The molecule has 1 aliphatic carbocycles. The second-order valence-corrected chi connectivity index (χ2v) is 11.1. The lowest BCUT2D eigenvalue weighted by Gasteiger charge is -2.43. The third-order valence-electron chi connectivity index (χ3n) is 3.88. The maximum absolute atomic E-state index is 12.0. The summed E-state index contributed by atoms with van der Waals surface area (Å²) in [6.07, 6.45) is 3.85. The smallest absolute Gasteiger partial charge is 0.407 e. The minimum atomic E-state index is -3.69. The summed E-state index contributed by atoms with van der Waals surface area (Å²) in [6.45, 7) is 4.85. The van der Waals surface area contributed by atoms with Gasteiger partial charge < -0.3 is 10.1 Å². The molecule has 1 unspecified atom stereocenters. The van der Waals surface area contributed by atoms with E-state index in [1.54, 1.807) is 20.8 Å². The Morgan fingerprint density at radius 1 is 1.08 bits per heavy atom. The molecule has 1 atom stereocenters. The Morgan fingerprint density at radius 3 is 2.00 bits per heavy atom. The zero-order valence-corrected chi connectivity index (χ0v) is 17.5. The van der Waals surface area contributed by atoms with E-state index < -0.39 is 43.4 Å². The molecule has 0 heterocycles. The number of amides is 1. The summed E-state index contributed by atoms with van der Waals surface area (Å²) in [6, 6.07) is -0.664. The average molecular weight is 416 g/mol. The highest BCUT2D eigenvalue weighted by molar-refractivity contribution is 7.86. The molecule has 26 heavy (non-hydrogen) atoms. The van der Waals surface area contributed by atoms with Gasteiger partial charge in [0.05, 0.1) is 31.8 Å². The van der Waals surface area contributed by atoms with Crippen molar-refractivity contribution in [3.05, 3.63) is 0 Å². The molecule has 0 bridgehead atoms. The molecule has 1 N–H and O–H groups in total. The van der Waals surface area contributed by atoms with Crippen molar-refractivity contribution in [2.75, 3.05) is 25.7 Å². The molecule has 1 aliphatic rings. The van der Waals surface area contributed by atoms with Gasteiger partial charge in [0, 0.05) is 0 Å². The van der Waals surface area contributed by atoms with Crippen molar-refractivity contribution in [2.24, 2.45) is 5.41 Å². The summed E-state index contributed by atoms with van der Waals surface area (Å²) in [7, 11) is -7.28. The molecule has 0 aromatic heterocycles. The topological polar surface area (TPSA) is 125 Å². The van der Waals surface area contributed by atoms with E-state index >= 15 is 0 Å². The van der Waals surface area contributed by atoms with Crippen molar-refractivity contribution < 1.29 is 34.7 Å². The molecule has 0 spiro atoms. The number of carbonyl (C=O) groups is 1. The largest absolute Gasteiger partial charge is 0.444 e. The van der Waals surface area contributed by atoms with Crippen molar-refractivity contribution in [1.82, 2.24) is 5.32 Å². The molecule has 0 aromatic rings. The fourth-order valence-corrected chi connectivity index (χ4v) is 3.55. The van der Waals surface area contributed by atoms with Crippen LogP contribution in [0.1, 0.15) is 46.5 Å². The Morgan fingerprint density at radius 2 is 1.62 bits per heavy atom. The summed E-state index contributed by atoms with van der Waals surface area (Å²) in [5, 5.41) is 2.61. The summed E-state index contributed by atoms with van der Waals surface area (Å²) < 4.78 is 60.1. The van der Waals surface area contributed by atoms with E-state index in [-0.39, 0.29) is 13.2 Å². The van der Waals surface area contributed by atoms with Gasteiger partial charge in [-0.05, 0) is 45.4 Å². The average Bonchev–Trinajstić information content (AvgIpc) is 2.34. The molecular weight excluding hydrogens is 386 g/mol. The molecule has 1 amide bonds. The predicted octanol–water partition coefficient (Wildman–Crippen LogP) is 1.39. The number of carbonyl (C=O) groups excluding carboxylic acids is 1. The van der Waals surface area contributed by atoms with Crippen LogP contribution in [0.3, 0.4) is 0 Å². The van der Waals surface area contributed by atoms with E-state index in [4.69, 9.17) is 13.1 Å². The van der Waals surface area contributed by atoms with Crippen LogP contribution < -0.4 is 5.32 Å². The number of rotatable bonds is 9. The van der Waals surface area contributed by atoms with E-state index in [9.17, 15) is 21.6 Å². The van der Waals surface area contributed by atoms with Crippen molar-refractivity contribution in [3.63, 3.8) is 0 Å². The minimum Gasteiger partial charge on any atom is -0.444 e. The molecule has 1 fully saturated rings. The highest BCUT2D eigenvalue weighted by Crippen LogP contribution is 2.45. The van der Waals surface area contributed by atoms with E-state index in [2.05, 4.69) is 5.32 Å². The van der Waals surface area contributed by atoms with Crippen molar-refractivity contribution >= 4 is 26.3 Å². The number of alkyl carbamates (subject to hydrolysis) is 1. The number of ether oxygens (including phenoxy) is 1. The fourth-order valence-electron chi connectivity index (χ4n) is 2.67. The standard InChI is InChI=1S/C15H29NO8S2/c1-14(2,3)24-13(17)16-12(10-22-25(4,18)19)9-15(7-6-8-15)11-23-26(5,20)21/h12H,6-11H2,1-5H3,(H,16,17). The van der Waals surface area contributed by atoms with Gasteiger partial charge in [0.2, 0.25) is 0 Å².